The molecule has 0 spiro atoms. The van der Waals surface area contributed by atoms with Crippen LogP contribution in [0.3, 0.4) is 0 Å². The van der Waals surface area contributed by atoms with E-state index in [1.165, 1.54) is 0 Å². The van der Waals surface area contributed by atoms with Gasteiger partial charge < -0.3 is 16.0 Å². The van der Waals surface area contributed by atoms with Crippen LogP contribution in [-0.2, 0) is 11.3 Å². The van der Waals surface area contributed by atoms with Crippen molar-refractivity contribution in [1.29, 1.82) is 0 Å². The van der Waals surface area contributed by atoms with Crippen LogP contribution in [0.5, 0.6) is 0 Å². The van der Waals surface area contributed by atoms with Crippen LogP contribution in [-0.4, -0.2) is 25.5 Å². The largest absolute Gasteiger partial charge is 0.365 e. The summed E-state index contributed by atoms with van der Waals surface area (Å²) in [5, 5.41) is 3.48. The molecule has 0 saturated heterocycles. The summed E-state index contributed by atoms with van der Waals surface area (Å²) >= 11 is 6.09. The van der Waals surface area contributed by atoms with Gasteiger partial charge in [-0.25, -0.2) is 0 Å². The quantitative estimate of drug-likeness (QED) is 0.856. The fourth-order valence-corrected chi connectivity index (χ4v) is 2.02. The van der Waals surface area contributed by atoms with Crippen LogP contribution in [0.25, 0.3) is 0 Å². The van der Waals surface area contributed by atoms with E-state index in [2.05, 4.69) is 5.32 Å². The summed E-state index contributed by atoms with van der Waals surface area (Å²) in [6.07, 6.45) is 0. The average Bonchev–Trinajstić information content (AvgIpc) is 2.27. The molecule has 0 heterocycles. The number of carbonyl (C=O) groups is 1. The summed E-state index contributed by atoms with van der Waals surface area (Å²) in [5.41, 5.74) is 7.44. The maximum absolute atomic E-state index is 11.7. The minimum absolute atomic E-state index is 0.0181. The Hall–Kier alpha value is -1.26. The highest BCUT2D eigenvalue weighted by Crippen LogP contribution is 2.26. The second kappa shape index (κ2) is 6.61. The number of amides is 1. The lowest BCUT2D eigenvalue weighted by atomic mass is 10.1. The van der Waals surface area contributed by atoms with Crippen molar-refractivity contribution in [3.8, 4) is 0 Å². The molecule has 4 nitrogen and oxygen atoms in total. The van der Waals surface area contributed by atoms with Crippen molar-refractivity contribution in [3.63, 3.8) is 0 Å². The van der Waals surface area contributed by atoms with E-state index < -0.39 is 0 Å². The van der Waals surface area contributed by atoms with E-state index in [0.29, 0.717) is 11.6 Å². The third-order valence-corrected chi connectivity index (χ3v) is 2.89. The molecule has 0 aromatic heterocycles. The van der Waals surface area contributed by atoms with Gasteiger partial charge in [-0.15, -0.1) is 0 Å². The highest BCUT2D eigenvalue weighted by molar-refractivity contribution is 6.31. The minimum atomic E-state index is -0.0181. The fourth-order valence-electron chi connectivity index (χ4n) is 1.78. The zero-order valence-corrected chi connectivity index (χ0v) is 11.8. The lowest BCUT2D eigenvalue weighted by molar-refractivity contribution is -0.120. The van der Waals surface area contributed by atoms with Gasteiger partial charge in [0.1, 0.15) is 0 Å². The van der Waals surface area contributed by atoms with Crippen LogP contribution in [0.15, 0.2) is 18.2 Å². The summed E-state index contributed by atoms with van der Waals surface area (Å²) in [5.74, 6) is -0.0181. The Labute approximate surface area is 113 Å². The molecule has 0 aliphatic carbocycles. The number of nitrogens with two attached hydrogens (primary N) is 1. The van der Waals surface area contributed by atoms with Gasteiger partial charge in [0.2, 0.25) is 5.91 Å². The van der Waals surface area contributed by atoms with Gasteiger partial charge in [-0.05, 0) is 26.0 Å². The van der Waals surface area contributed by atoms with Gasteiger partial charge in [0.15, 0.2) is 0 Å². The normalized spacial score (nSPS) is 10.6. The van der Waals surface area contributed by atoms with Crippen molar-refractivity contribution in [2.24, 2.45) is 5.73 Å². The van der Waals surface area contributed by atoms with Gasteiger partial charge in [0, 0.05) is 35.9 Å². The Bertz CT molecular complexity index is 421. The summed E-state index contributed by atoms with van der Waals surface area (Å²) < 4.78 is 0. The van der Waals surface area contributed by atoms with E-state index in [-0.39, 0.29) is 18.5 Å². The van der Waals surface area contributed by atoms with Gasteiger partial charge in [0.25, 0.3) is 0 Å². The standard InChI is InChI=1S/C13H20ClN3O/c1-9(2)16-13(18)8-17(3)12-6-4-5-11(14)10(12)7-15/h4-6,9H,7-8,15H2,1-3H3,(H,16,18). The highest BCUT2D eigenvalue weighted by atomic mass is 35.5. The van der Waals surface area contributed by atoms with Crippen molar-refractivity contribution in [2.45, 2.75) is 26.4 Å². The first-order chi connectivity index (χ1) is 8.45. The topological polar surface area (TPSA) is 58.4 Å². The lowest BCUT2D eigenvalue weighted by Gasteiger charge is -2.22. The number of anilines is 1. The van der Waals surface area contributed by atoms with E-state index in [0.717, 1.165) is 11.3 Å². The van der Waals surface area contributed by atoms with Crippen LogP contribution >= 0.6 is 11.6 Å². The van der Waals surface area contributed by atoms with Crippen LogP contribution < -0.4 is 16.0 Å². The van der Waals surface area contributed by atoms with Crippen LogP contribution in [0.2, 0.25) is 5.02 Å². The van der Waals surface area contributed by atoms with Crippen molar-refractivity contribution in [2.75, 3.05) is 18.5 Å². The summed E-state index contributed by atoms with van der Waals surface area (Å²) in [6.45, 7) is 4.50. The summed E-state index contributed by atoms with van der Waals surface area (Å²) in [4.78, 5) is 13.6. The van der Waals surface area contributed by atoms with Crippen LogP contribution in [0.1, 0.15) is 19.4 Å². The number of nitrogens with zero attached hydrogens (tertiary/aromatic N) is 1. The molecule has 0 aliphatic heterocycles. The second-order valence-electron chi connectivity index (χ2n) is 4.52. The van der Waals surface area contributed by atoms with E-state index in [9.17, 15) is 4.79 Å². The van der Waals surface area contributed by atoms with Gasteiger partial charge in [-0.2, -0.15) is 0 Å². The molecule has 3 N–H and O–H groups in total. The third-order valence-electron chi connectivity index (χ3n) is 2.54. The lowest BCUT2D eigenvalue weighted by Crippen LogP contribution is -2.38. The molecule has 1 aromatic carbocycles. The molecule has 0 unspecified atom stereocenters. The number of hydrogen-bond donors (Lipinski definition) is 2. The molecule has 0 atom stereocenters. The highest BCUT2D eigenvalue weighted by Gasteiger charge is 2.13. The molecule has 1 rings (SSSR count). The number of hydrogen-bond acceptors (Lipinski definition) is 3. The SMILES string of the molecule is CC(C)NC(=O)CN(C)c1cccc(Cl)c1CN. The van der Waals surface area contributed by atoms with Crippen molar-refractivity contribution in [3.05, 3.63) is 28.8 Å². The van der Waals surface area contributed by atoms with Crippen molar-refractivity contribution >= 4 is 23.2 Å². The van der Waals surface area contributed by atoms with Gasteiger partial charge >= 0.3 is 0 Å². The first-order valence-electron chi connectivity index (χ1n) is 5.93. The molecule has 5 heteroatoms. The zero-order chi connectivity index (χ0) is 13.7. The molecule has 1 aromatic rings. The molecule has 100 valence electrons. The van der Waals surface area contributed by atoms with Crippen LogP contribution in [0, 0.1) is 0 Å². The molecule has 18 heavy (non-hydrogen) atoms. The first kappa shape index (κ1) is 14.8. The zero-order valence-electron chi connectivity index (χ0n) is 11.0. The molecular formula is C13H20ClN3O. The Morgan fingerprint density at radius 3 is 2.72 bits per heavy atom. The maximum Gasteiger partial charge on any atom is 0.239 e. The fraction of sp³-hybridized carbons (Fsp3) is 0.462. The second-order valence-corrected chi connectivity index (χ2v) is 4.93. The molecule has 0 radical (unpaired) electrons. The first-order valence-corrected chi connectivity index (χ1v) is 6.31. The smallest absolute Gasteiger partial charge is 0.239 e. The van der Waals surface area contributed by atoms with E-state index in [1.807, 2.05) is 37.9 Å². The molecule has 0 aliphatic rings. The summed E-state index contributed by atoms with van der Waals surface area (Å²) in [6, 6.07) is 5.71. The Morgan fingerprint density at radius 1 is 1.50 bits per heavy atom. The Kier molecular flexibility index (Phi) is 5.44. The molecule has 0 saturated carbocycles. The van der Waals surface area contributed by atoms with E-state index in [4.69, 9.17) is 17.3 Å². The predicted octanol–water partition coefficient (Wildman–Crippen LogP) is 1.76. The van der Waals surface area contributed by atoms with Crippen LogP contribution in [0.4, 0.5) is 5.69 Å². The predicted molar refractivity (Wildman–Crippen MR) is 75.9 cm³/mol. The minimum Gasteiger partial charge on any atom is -0.365 e. The van der Waals surface area contributed by atoms with Gasteiger partial charge in [-0.3, -0.25) is 4.79 Å². The Balaban J connectivity index is 2.81. The number of carbonyl (C=O) groups excluding carboxylic acids is 1. The number of nitrogens with one attached hydrogen (secondary N) is 1. The summed E-state index contributed by atoms with van der Waals surface area (Å²) in [7, 11) is 1.85. The molecule has 0 fully saturated rings. The number of benzene rings is 1. The molecule has 0 bridgehead atoms. The van der Waals surface area contributed by atoms with Gasteiger partial charge in [0.05, 0.1) is 6.54 Å². The number of likely N-dealkylation sites (N-methyl/N-ethyl adjacent to an activating group) is 1. The van der Waals surface area contributed by atoms with E-state index >= 15 is 0 Å². The number of rotatable bonds is 5. The Morgan fingerprint density at radius 2 is 2.17 bits per heavy atom. The molecule has 1 amide bonds. The van der Waals surface area contributed by atoms with Gasteiger partial charge in [-0.1, -0.05) is 17.7 Å². The molecular weight excluding hydrogens is 250 g/mol. The number of halogens is 1. The monoisotopic (exact) mass is 269 g/mol. The van der Waals surface area contributed by atoms with Crippen molar-refractivity contribution in [1.82, 2.24) is 5.32 Å². The van der Waals surface area contributed by atoms with Crippen molar-refractivity contribution < 1.29 is 4.79 Å². The third kappa shape index (κ3) is 3.89. The van der Waals surface area contributed by atoms with E-state index in [1.54, 1.807) is 6.07 Å². The average molecular weight is 270 g/mol. The maximum atomic E-state index is 11.7.